The third-order valence-electron chi connectivity index (χ3n) is 3.46. The number of Topliss-reactive ketones (excluding diaryl/α,β-unsaturated/α-hetero) is 1. The predicted octanol–water partition coefficient (Wildman–Crippen LogP) is 4.31. The Bertz CT molecular complexity index is 411. The van der Waals surface area contributed by atoms with Crippen molar-refractivity contribution in [3.63, 3.8) is 0 Å². The molecule has 2 rings (SSSR count). The van der Waals surface area contributed by atoms with E-state index in [-0.39, 0.29) is 10.6 Å². The average molecular weight is 295 g/mol. The molecule has 0 saturated carbocycles. The quantitative estimate of drug-likeness (QED) is 0.597. The molecule has 2 heteroatoms. The van der Waals surface area contributed by atoms with Crippen LogP contribution >= 0.6 is 15.9 Å². The SMILES string of the molecule is CCCC(Br)C(=O)c1ccc2c(c1)CCCC2. The van der Waals surface area contributed by atoms with E-state index in [1.807, 2.05) is 6.07 Å². The van der Waals surface area contributed by atoms with Gasteiger partial charge in [-0.1, -0.05) is 41.4 Å². The number of fused-ring (bicyclic) bond motifs is 1. The first-order valence-electron chi connectivity index (χ1n) is 6.52. The summed E-state index contributed by atoms with van der Waals surface area (Å²) in [4.78, 5) is 12.2. The lowest BCUT2D eigenvalue weighted by molar-refractivity contribution is 0.0988. The lowest BCUT2D eigenvalue weighted by Gasteiger charge is -2.17. The molecule has 1 aliphatic rings. The Morgan fingerprint density at radius 3 is 2.71 bits per heavy atom. The highest BCUT2D eigenvalue weighted by atomic mass is 79.9. The number of hydrogen-bond donors (Lipinski definition) is 0. The van der Waals surface area contributed by atoms with E-state index >= 15 is 0 Å². The van der Waals surface area contributed by atoms with Crippen molar-refractivity contribution in [2.75, 3.05) is 0 Å². The van der Waals surface area contributed by atoms with Gasteiger partial charge in [0.05, 0.1) is 4.83 Å². The Balaban J connectivity index is 2.19. The molecule has 0 heterocycles. The molecule has 0 saturated heterocycles. The minimum atomic E-state index is -0.0193. The van der Waals surface area contributed by atoms with Gasteiger partial charge >= 0.3 is 0 Å². The summed E-state index contributed by atoms with van der Waals surface area (Å²) in [6.07, 6.45) is 6.81. The summed E-state index contributed by atoms with van der Waals surface area (Å²) in [5.41, 5.74) is 3.70. The Labute approximate surface area is 112 Å². The van der Waals surface area contributed by atoms with Crippen molar-refractivity contribution in [3.8, 4) is 0 Å². The molecular weight excluding hydrogens is 276 g/mol. The molecule has 0 aromatic heterocycles. The number of ketones is 1. The van der Waals surface area contributed by atoms with Crippen molar-refractivity contribution >= 4 is 21.7 Å². The van der Waals surface area contributed by atoms with Crippen LogP contribution in [0.1, 0.15) is 54.1 Å². The molecule has 1 atom stereocenters. The zero-order valence-corrected chi connectivity index (χ0v) is 11.9. The molecule has 0 N–H and O–H groups in total. The van der Waals surface area contributed by atoms with Gasteiger partial charge in [0.25, 0.3) is 0 Å². The van der Waals surface area contributed by atoms with Crippen molar-refractivity contribution in [3.05, 3.63) is 34.9 Å². The Kier molecular flexibility index (Phi) is 4.38. The molecule has 0 amide bonds. The maximum absolute atomic E-state index is 12.2. The minimum absolute atomic E-state index is 0.0193. The normalized spacial score (nSPS) is 16.4. The fraction of sp³-hybridized carbons (Fsp3) is 0.533. The van der Waals surface area contributed by atoms with Gasteiger partial charge in [-0.15, -0.1) is 0 Å². The summed E-state index contributed by atoms with van der Waals surface area (Å²) >= 11 is 3.49. The van der Waals surface area contributed by atoms with E-state index in [1.165, 1.54) is 30.4 Å². The topological polar surface area (TPSA) is 17.1 Å². The van der Waals surface area contributed by atoms with Gasteiger partial charge in [0.15, 0.2) is 5.78 Å². The summed E-state index contributed by atoms with van der Waals surface area (Å²) in [5, 5.41) is 0. The van der Waals surface area contributed by atoms with Crippen molar-refractivity contribution in [1.29, 1.82) is 0 Å². The zero-order chi connectivity index (χ0) is 12.3. The standard InChI is InChI=1S/C15H19BrO/c1-2-5-14(16)15(17)13-9-8-11-6-3-4-7-12(11)10-13/h8-10,14H,2-7H2,1H3. The molecular formula is C15H19BrO. The number of aryl methyl sites for hydroxylation is 2. The van der Waals surface area contributed by atoms with Crippen molar-refractivity contribution < 1.29 is 4.79 Å². The molecule has 1 aliphatic carbocycles. The third kappa shape index (κ3) is 2.98. The Morgan fingerprint density at radius 1 is 1.29 bits per heavy atom. The van der Waals surface area contributed by atoms with Gasteiger partial charge in [-0.05, 0) is 49.3 Å². The number of alkyl halides is 1. The first kappa shape index (κ1) is 12.8. The highest BCUT2D eigenvalue weighted by Gasteiger charge is 2.18. The van der Waals surface area contributed by atoms with Crippen LogP contribution in [0.2, 0.25) is 0 Å². The average Bonchev–Trinajstić information content (AvgIpc) is 2.37. The number of benzene rings is 1. The van der Waals surface area contributed by atoms with Gasteiger partial charge in [0.2, 0.25) is 0 Å². The molecule has 0 fully saturated rings. The fourth-order valence-electron chi connectivity index (χ4n) is 2.45. The molecule has 1 aromatic carbocycles. The van der Waals surface area contributed by atoms with E-state index in [2.05, 4.69) is 35.0 Å². The molecule has 0 aliphatic heterocycles. The van der Waals surface area contributed by atoms with Crippen LogP contribution in [0.3, 0.4) is 0 Å². The van der Waals surface area contributed by atoms with Crippen LogP contribution < -0.4 is 0 Å². The lowest BCUT2D eigenvalue weighted by atomic mass is 9.89. The molecule has 1 nitrogen and oxygen atoms in total. The highest BCUT2D eigenvalue weighted by Crippen LogP contribution is 2.24. The van der Waals surface area contributed by atoms with Gasteiger partial charge in [0.1, 0.15) is 0 Å². The molecule has 1 unspecified atom stereocenters. The second-order valence-electron chi connectivity index (χ2n) is 4.81. The van der Waals surface area contributed by atoms with E-state index < -0.39 is 0 Å². The number of hydrogen-bond acceptors (Lipinski definition) is 1. The first-order chi connectivity index (χ1) is 8.22. The van der Waals surface area contributed by atoms with E-state index in [9.17, 15) is 4.79 Å². The largest absolute Gasteiger partial charge is 0.293 e. The summed E-state index contributed by atoms with van der Waals surface area (Å²) in [7, 11) is 0. The maximum Gasteiger partial charge on any atom is 0.176 e. The maximum atomic E-state index is 12.2. The second-order valence-corrected chi connectivity index (χ2v) is 5.92. The molecule has 92 valence electrons. The molecule has 1 aromatic rings. The molecule has 17 heavy (non-hydrogen) atoms. The number of carbonyl (C=O) groups is 1. The van der Waals surface area contributed by atoms with Crippen molar-refractivity contribution in [2.45, 2.75) is 50.3 Å². The predicted molar refractivity (Wildman–Crippen MR) is 75.0 cm³/mol. The summed E-state index contributed by atoms with van der Waals surface area (Å²) in [6, 6.07) is 6.25. The first-order valence-corrected chi connectivity index (χ1v) is 7.44. The van der Waals surface area contributed by atoms with Crippen LogP contribution in [-0.4, -0.2) is 10.6 Å². The molecule has 0 spiro atoms. The lowest BCUT2D eigenvalue weighted by Crippen LogP contribution is -2.15. The molecule has 0 radical (unpaired) electrons. The van der Waals surface area contributed by atoms with Gasteiger partial charge in [-0.2, -0.15) is 0 Å². The number of carbonyl (C=O) groups excluding carboxylic acids is 1. The van der Waals surface area contributed by atoms with Crippen LogP contribution in [0.25, 0.3) is 0 Å². The van der Waals surface area contributed by atoms with Crippen molar-refractivity contribution in [2.24, 2.45) is 0 Å². The number of halogens is 1. The van der Waals surface area contributed by atoms with E-state index in [4.69, 9.17) is 0 Å². The van der Waals surface area contributed by atoms with Crippen LogP contribution in [0.15, 0.2) is 18.2 Å². The molecule has 0 bridgehead atoms. The van der Waals surface area contributed by atoms with E-state index in [0.717, 1.165) is 24.8 Å². The van der Waals surface area contributed by atoms with E-state index in [0.29, 0.717) is 0 Å². The highest BCUT2D eigenvalue weighted by molar-refractivity contribution is 9.10. The minimum Gasteiger partial charge on any atom is -0.293 e. The van der Waals surface area contributed by atoms with Crippen LogP contribution in [0, 0.1) is 0 Å². The smallest absolute Gasteiger partial charge is 0.176 e. The summed E-state index contributed by atoms with van der Waals surface area (Å²) in [6.45, 7) is 2.11. The van der Waals surface area contributed by atoms with Gasteiger partial charge in [-0.25, -0.2) is 0 Å². The van der Waals surface area contributed by atoms with E-state index in [1.54, 1.807) is 0 Å². The monoisotopic (exact) mass is 294 g/mol. The second kappa shape index (κ2) is 5.81. The zero-order valence-electron chi connectivity index (χ0n) is 10.3. The number of rotatable bonds is 4. The third-order valence-corrected chi connectivity index (χ3v) is 4.33. The van der Waals surface area contributed by atoms with Crippen molar-refractivity contribution in [1.82, 2.24) is 0 Å². The van der Waals surface area contributed by atoms with Gasteiger partial charge < -0.3 is 0 Å². The Hall–Kier alpha value is -0.630. The van der Waals surface area contributed by atoms with Crippen LogP contribution in [0.5, 0.6) is 0 Å². The van der Waals surface area contributed by atoms with Crippen LogP contribution in [-0.2, 0) is 12.8 Å². The van der Waals surface area contributed by atoms with Crippen LogP contribution in [0.4, 0.5) is 0 Å². The fourth-order valence-corrected chi connectivity index (χ4v) is 3.17. The van der Waals surface area contributed by atoms with Gasteiger partial charge in [-0.3, -0.25) is 4.79 Å². The van der Waals surface area contributed by atoms with Gasteiger partial charge in [0, 0.05) is 5.56 Å². The summed E-state index contributed by atoms with van der Waals surface area (Å²) in [5.74, 6) is 0.236. The summed E-state index contributed by atoms with van der Waals surface area (Å²) < 4.78 is 0. The Morgan fingerprint density at radius 2 is 2.00 bits per heavy atom.